The molecule has 2 atom stereocenters. The van der Waals surface area contributed by atoms with Gasteiger partial charge in [-0.05, 0) is 65.2 Å². The Morgan fingerprint density at radius 1 is 0.639 bits per heavy atom. The average Bonchev–Trinajstić information content (AvgIpc) is 2.70. The lowest BCUT2D eigenvalue weighted by Gasteiger charge is -2.32. The van der Waals surface area contributed by atoms with Crippen LogP contribution in [0.2, 0.25) is 5.02 Å². The van der Waals surface area contributed by atoms with Gasteiger partial charge in [0.1, 0.15) is 0 Å². The predicted octanol–water partition coefficient (Wildman–Crippen LogP) is 8.72. The number of benzene rings is 2. The van der Waals surface area contributed by atoms with E-state index in [2.05, 4.69) is 15.9 Å². The second-order valence-corrected chi connectivity index (χ2v) is 8.89. The first kappa shape index (κ1) is 32.0. The molecule has 2 nitrogen and oxygen atoms in total. The summed E-state index contributed by atoms with van der Waals surface area (Å²) in [6, 6.07) is 5.09. The van der Waals surface area contributed by atoms with Crippen molar-refractivity contribution in [2.24, 2.45) is 0 Å². The van der Waals surface area contributed by atoms with Crippen LogP contribution in [0.5, 0.6) is 0 Å². The largest absolute Gasteiger partial charge is 0.457 e. The molecule has 0 heterocycles. The molecule has 2 aromatic rings. The summed E-state index contributed by atoms with van der Waals surface area (Å²) in [5.41, 5.74) is 1.12. The molecule has 204 valence electrons. The number of halogens is 14. The molecule has 0 saturated carbocycles. The van der Waals surface area contributed by atoms with E-state index < -0.39 is 46.7 Å². The molecule has 0 bridgehead atoms. The highest BCUT2D eigenvalue weighted by molar-refractivity contribution is 9.10. The molecule has 0 aliphatic rings. The Balaban J connectivity index is 0.000000362. The molecule has 0 amide bonds. The molecule has 0 aliphatic carbocycles. The summed E-state index contributed by atoms with van der Waals surface area (Å²) >= 11 is 8.35. The fourth-order valence-electron chi connectivity index (χ4n) is 2.55. The predicted molar refractivity (Wildman–Crippen MR) is 113 cm³/mol. The van der Waals surface area contributed by atoms with Crippen molar-refractivity contribution in [3.05, 3.63) is 57.0 Å². The summed E-state index contributed by atoms with van der Waals surface area (Å²) < 4.78 is 153. The van der Waals surface area contributed by atoms with Crippen molar-refractivity contribution in [1.29, 1.82) is 0 Å². The van der Waals surface area contributed by atoms with E-state index in [1.54, 1.807) is 0 Å². The number of anilines is 2. The van der Waals surface area contributed by atoms with E-state index in [0.717, 1.165) is 30.3 Å². The lowest BCUT2D eigenvalue weighted by molar-refractivity contribution is -0.328. The van der Waals surface area contributed by atoms with E-state index in [4.69, 9.17) is 23.1 Å². The highest BCUT2D eigenvalue weighted by Crippen LogP contribution is 2.52. The van der Waals surface area contributed by atoms with Gasteiger partial charge in [0.15, 0.2) is 0 Å². The van der Waals surface area contributed by atoms with E-state index in [9.17, 15) is 52.7 Å². The molecule has 2 rings (SSSR count). The van der Waals surface area contributed by atoms with Gasteiger partial charge < -0.3 is 11.5 Å². The molecule has 4 N–H and O–H groups in total. The Morgan fingerprint density at radius 2 is 1.00 bits per heavy atom. The summed E-state index contributed by atoms with van der Waals surface area (Å²) in [5.74, 6) is -11.0. The van der Waals surface area contributed by atoms with Crippen molar-refractivity contribution < 1.29 is 52.7 Å². The van der Waals surface area contributed by atoms with Gasteiger partial charge in [-0.1, -0.05) is 23.7 Å². The van der Waals surface area contributed by atoms with Gasteiger partial charge in [-0.2, -0.15) is 43.9 Å². The van der Waals surface area contributed by atoms with E-state index in [0.29, 0.717) is 6.07 Å². The highest BCUT2D eigenvalue weighted by atomic mass is 79.9. The molecule has 2 unspecified atom stereocenters. The molecular weight excluding hydrogens is 612 g/mol. The minimum absolute atomic E-state index is 0.0724. The standard InChI is InChI=1S/C10H7BrClF6N.C10H9F6N/c1-8(13,9(14,15)10(16,17)18)4-2-5(11)7(19)6(12)3-4;1-8(11,9(12,13)10(14,15)16)6-2-4-7(17)5-3-6/h2-3H,19H2,1H3;2-5H,17H2,1H3. The van der Waals surface area contributed by atoms with Crippen LogP contribution in [0.15, 0.2) is 40.9 Å². The summed E-state index contributed by atoms with van der Waals surface area (Å²) in [5, 5.41) is -0.328. The number of nitrogen functional groups attached to an aromatic ring is 2. The van der Waals surface area contributed by atoms with Crippen molar-refractivity contribution in [1.82, 2.24) is 0 Å². The Bertz CT molecular complexity index is 1040. The maximum atomic E-state index is 14.0. The summed E-state index contributed by atoms with van der Waals surface area (Å²) in [6.45, 7) is 0.320. The molecule has 0 spiro atoms. The first-order valence-electron chi connectivity index (χ1n) is 9.20. The van der Waals surface area contributed by atoms with Gasteiger partial charge in [0, 0.05) is 10.2 Å². The van der Waals surface area contributed by atoms with Gasteiger partial charge in [0.25, 0.3) is 0 Å². The number of alkyl halides is 12. The SMILES string of the molecule is CC(F)(c1cc(Cl)c(N)c(Br)c1)C(F)(F)C(F)(F)F.CC(F)(c1ccc(N)cc1)C(F)(F)C(F)(F)F. The van der Waals surface area contributed by atoms with Crippen LogP contribution in [0.25, 0.3) is 0 Å². The van der Waals surface area contributed by atoms with E-state index in [-0.39, 0.29) is 34.7 Å². The fraction of sp³-hybridized carbons (Fsp3) is 0.400. The average molecular weight is 628 g/mol. The fourth-order valence-corrected chi connectivity index (χ4v) is 3.34. The molecule has 16 heteroatoms. The van der Waals surface area contributed by atoms with Gasteiger partial charge in [-0.3, -0.25) is 0 Å². The molecule has 0 radical (unpaired) electrons. The van der Waals surface area contributed by atoms with Gasteiger partial charge in [-0.15, -0.1) is 0 Å². The number of rotatable bonds is 4. The van der Waals surface area contributed by atoms with Gasteiger partial charge in [0.05, 0.1) is 10.7 Å². The zero-order valence-electron chi connectivity index (χ0n) is 17.9. The first-order valence-corrected chi connectivity index (χ1v) is 10.4. The normalized spacial score (nSPS) is 16.4. The van der Waals surface area contributed by atoms with E-state index in [1.165, 1.54) is 0 Å². The van der Waals surface area contributed by atoms with Crippen LogP contribution in [0, 0.1) is 0 Å². The minimum atomic E-state index is -6.03. The maximum Gasteiger partial charge on any atom is 0.457 e. The summed E-state index contributed by atoms with van der Waals surface area (Å²) in [7, 11) is 0. The van der Waals surface area contributed by atoms with Crippen molar-refractivity contribution in [3.63, 3.8) is 0 Å². The number of hydrogen-bond donors (Lipinski definition) is 2. The third-order valence-corrected chi connectivity index (χ3v) is 5.93. The Hall–Kier alpha value is -2.03. The van der Waals surface area contributed by atoms with Crippen LogP contribution in [0.1, 0.15) is 25.0 Å². The van der Waals surface area contributed by atoms with Gasteiger partial charge in [-0.25, -0.2) is 8.78 Å². The number of hydrogen-bond acceptors (Lipinski definition) is 2. The summed E-state index contributed by atoms with van der Waals surface area (Å²) in [4.78, 5) is 0. The zero-order chi connectivity index (χ0) is 28.7. The second-order valence-electron chi connectivity index (χ2n) is 7.63. The highest BCUT2D eigenvalue weighted by Gasteiger charge is 2.70. The monoisotopic (exact) mass is 626 g/mol. The number of nitrogens with two attached hydrogens (primary N) is 2. The Labute approximate surface area is 209 Å². The van der Waals surface area contributed by atoms with Gasteiger partial charge in [0.2, 0.25) is 11.3 Å². The second kappa shape index (κ2) is 10.0. The quantitative estimate of drug-likeness (QED) is 0.263. The smallest absolute Gasteiger partial charge is 0.399 e. The van der Waals surface area contributed by atoms with Gasteiger partial charge >= 0.3 is 24.2 Å². The topological polar surface area (TPSA) is 52.0 Å². The molecule has 0 aliphatic heterocycles. The molecule has 36 heavy (non-hydrogen) atoms. The summed E-state index contributed by atoms with van der Waals surface area (Å²) in [6.07, 6.45) is -12.0. The van der Waals surface area contributed by atoms with Crippen LogP contribution in [0.4, 0.5) is 64.1 Å². The van der Waals surface area contributed by atoms with Crippen LogP contribution in [-0.2, 0) is 11.3 Å². The van der Waals surface area contributed by atoms with E-state index >= 15 is 0 Å². The first-order chi connectivity index (χ1) is 15.8. The maximum absolute atomic E-state index is 14.0. The van der Waals surface area contributed by atoms with Crippen LogP contribution < -0.4 is 11.5 Å². The van der Waals surface area contributed by atoms with Crippen LogP contribution >= 0.6 is 27.5 Å². The minimum Gasteiger partial charge on any atom is -0.399 e. The molecule has 0 saturated heterocycles. The van der Waals surface area contributed by atoms with Crippen molar-refractivity contribution in [3.8, 4) is 0 Å². The Morgan fingerprint density at radius 3 is 1.33 bits per heavy atom. The molecule has 0 aromatic heterocycles. The third-order valence-electron chi connectivity index (χ3n) is 4.97. The van der Waals surface area contributed by atoms with Crippen LogP contribution in [-0.4, -0.2) is 24.2 Å². The lowest BCUT2D eigenvalue weighted by Crippen LogP contribution is -2.50. The van der Waals surface area contributed by atoms with E-state index in [1.807, 2.05) is 0 Å². The molecule has 0 fully saturated rings. The lowest BCUT2D eigenvalue weighted by atomic mass is 9.90. The zero-order valence-corrected chi connectivity index (χ0v) is 20.3. The molecule has 2 aromatic carbocycles. The Kier molecular flexibility index (Phi) is 8.91. The van der Waals surface area contributed by atoms with Crippen molar-refractivity contribution in [2.45, 2.75) is 49.4 Å². The van der Waals surface area contributed by atoms with Crippen LogP contribution in [0.3, 0.4) is 0 Å². The third kappa shape index (κ3) is 5.92. The molecular formula is C20H16BrClF12N2. The van der Waals surface area contributed by atoms with Crippen molar-refractivity contribution >= 4 is 38.9 Å². The van der Waals surface area contributed by atoms with Crippen molar-refractivity contribution in [2.75, 3.05) is 11.5 Å².